The van der Waals surface area contributed by atoms with Crippen LogP contribution < -0.4 is 10.1 Å². The van der Waals surface area contributed by atoms with Crippen LogP contribution in [-0.2, 0) is 0 Å². The number of ether oxygens (including phenoxy) is 1. The van der Waals surface area contributed by atoms with Crippen LogP contribution in [0.2, 0.25) is 0 Å². The predicted octanol–water partition coefficient (Wildman–Crippen LogP) is 5.07. The van der Waals surface area contributed by atoms with Crippen molar-refractivity contribution in [3.05, 3.63) is 75.8 Å². The fourth-order valence-corrected chi connectivity index (χ4v) is 3.28. The molecule has 9 nitrogen and oxygen atoms in total. The summed E-state index contributed by atoms with van der Waals surface area (Å²) in [4.78, 5) is 27.9. The third kappa shape index (κ3) is 3.95. The maximum atomic E-state index is 12.8. The summed E-state index contributed by atoms with van der Waals surface area (Å²) >= 11 is 0. The maximum Gasteiger partial charge on any atom is 0.311 e. The zero-order valence-electron chi connectivity index (χ0n) is 17.3. The highest BCUT2D eigenvalue weighted by Crippen LogP contribution is 2.36. The third-order valence-electron chi connectivity index (χ3n) is 4.80. The van der Waals surface area contributed by atoms with Gasteiger partial charge >= 0.3 is 5.69 Å². The average Bonchev–Trinajstić information content (AvgIpc) is 3.20. The van der Waals surface area contributed by atoms with Gasteiger partial charge in [0.25, 0.3) is 5.91 Å². The molecule has 1 heterocycles. The summed E-state index contributed by atoms with van der Waals surface area (Å²) in [6, 6.07) is 14.3. The first kappa shape index (κ1) is 20.9. The van der Waals surface area contributed by atoms with Gasteiger partial charge in [-0.3, -0.25) is 14.9 Å². The molecule has 2 N–H and O–H groups in total. The SMILES string of the molecule is CCOc1ccc(C(=O)Nc2cc(C)c(O)c(-c3nc4ccccc4o3)c2)cc1[N+](=O)[O-]. The number of hydrogen-bond acceptors (Lipinski definition) is 7. The van der Waals surface area contributed by atoms with Gasteiger partial charge in [-0.15, -0.1) is 0 Å². The molecule has 162 valence electrons. The number of phenolic OH excluding ortho intramolecular Hbond substituents is 1. The number of phenols is 1. The lowest BCUT2D eigenvalue weighted by Crippen LogP contribution is -2.12. The Morgan fingerprint density at radius 2 is 2.00 bits per heavy atom. The minimum absolute atomic E-state index is 0.0220. The molecule has 1 aromatic heterocycles. The Balaban J connectivity index is 1.67. The Morgan fingerprint density at radius 1 is 1.22 bits per heavy atom. The van der Waals surface area contributed by atoms with E-state index >= 15 is 0 Å². The van der Waals surface area contributed by atoms with E-state index in [0.29, 0.717) is 27.9 Å². The second-order valence-electron chi connectivity index (χ2n) is 7.00. The number of amides is 1. The Kier molecular flexibility index (Phi) is 5.46. The van der Waals surface area contributed by atoms with Crippen LogP contribution in [0.5, 0.6) is 11.5 Å². The lowest BCUT2D eigenvalue weighted by molar-refractivity contribution is -0.385. The summed E-state index contributed by atoms with van der Waals surface area (Å²) in [7, 11) is 0. The molecular formula is C23H19N3O6. The molecule has 0 bridgehead atoms. The molecule has 32 heavy (non-hydrogen) atoms. The van der Waals surface area contributed by atoms with Crippen molar-refractivity contribution in [1.29, 1.82) is 0 Å². The molecule has 9 heteroatoms. The van der Waals surface area contributed by atoms with E-state index in [9.17, 15) is 20.0 Å². The summed E-state index contributed by atoms with van der Waals surface area (Å²) in [6.45, 7) is 3.66. The molecule has 0 unspecified atom stereocenters. The number of oxazole rings is 1. The van der Waals surface area contributed by atoms with Crippen molar-refractivity contribution >= 4 is 28.4 Å². The van der Waals surface area contributed by atoms with E-state index in [0.717, 1.165) is 6.07 Å². The van der Waals surface area contributed by atoms with E-state index in [-0.39, 0.29) is 35.2 Å². The molecule has 0 aliphatic heterocycles. The number of aromatic nitrogens is 1. The largest absolute Gasteiger partial charge is 0.507 e. The minimum atomic E-state index is -0.599. The average molecular weight is 433 g/mol. The molecule has 0 radical (unpaired) electrons. The monoisotopic (exact) mass is 433 g/mol. The van der Waals surface area contributed by atoms with E-state index in [1.54, 1.807) is 32.0 Å². The van der Waals surface area contributed by atoms with Gasteiger partial charge in [0.2, 0.25) is 5.89 Å². The van der Waals surface area contributed by atoms with Gasteiger partial charge in [0.05, 0.1) is 17.1 Å². The Hall–Kier alpha value is -4.40. The predicted molar refractivity (Wildman–Crippen MR) is 118 cm³/mol. The number of aryl methyl sites for hydroxylation is 1. The number of nitrogens with zero attached hydrogens (tertiary/aromatic N) is 2. The van der Waals surface area contributed by atoms with Crippen molar-refractivity contribution in [2.45, 2.75) is 13.8 Å². The molecule has 0 fully saturated rings. The summed E-state index contributed by atoms with van der Waals surface area (Å²) in [6.07, 6.45) is 0. The van der Waals surface area contributed by atoms with Gasteiger partial charge in [-0.1, -0.05) is 12.1 Å². The first-order valence-corrected chi connectivity index (χ1v) is 9.79. The molecule has 0 atom stereocenters. The number of nitro benzene ring substituents is 1. The number of carbonyl (C=O) groups excluding carboxylic acids is 1. The number of aromatic hydroxyl groups is 1. The highest BCUT2D eigenvalue weighted by Gasteiger charge is 2.20. The number of rotatable bonds is 6. The second-order valence-corrected chi connectivity index (χ2v) is 7.00. The standard InChI is InChI=1S/C23H19N3O6/c1-3-31-20-9-8-14(11-18(20)26(29)30)22(28)24-15-10-13(2)21(27)16(12-15)23-25-17-6-4-5-7-19(17)32-23/h4-12,27H,3H2,1-2H3,(H,24,28). The van der Waals surface area contributed by atoms with Crippen molar-refractivity contribution in [3.8, 4) is 23.0 Å². The molecule has 0 saturated carbocycles. The normalized spacial score (nSPS) is 10.8. The molecule has 4 rings (SSSR count). The zero-order valence-corrected chi connectivity index (χ0v) is 17.3. The highest BCUT2D eigenvalue weighted by molar-refractivity contribution is 6.05. The summed E-state index contributed by atoms with van der Waals surface area (Å²) < 4.78 is 11.0. The van der Waals surface area contributed by atoms with Crippen LogP contribution in [0.25, 0.3) is 22.6 Å². The number of anilines is 1. The van der Waals surface area contributed by atoms with Crippen LogP contribution in [-0.4, -0.2) is 27.5 Å². The molecule has 0 spiro atoms. The van der Waals surface area contributed by atoms with Crippen LogP contribution in [0.1, 0.15) is 22.8 Å². The number of hydrogen-bond donors (Lipinski definition) is 2. The molecule has 0 aliphatic carbocycles. The van der Waals surface area contributed by atoms with Gasteiger partial charge in [0.15, 0.2) is 11.3 Å². The topological polar surface area (TPSA) is 128 Å². The lowest BCUT2D eigenvalue weighted by Gasteiger charge is -2.11. The van der Waals surface area contributed by atoms with Crippen LogP contribution in [0.15, 0.2) is 59.0 Å². The van der Waals surface area contributed by atoms with Crippen molar-refractivity contribution in [1.82, 2.24) is 4.98 Å². The Morgan fingerprint density at radius 3 is 2.72 bits per heavy atom. The highest BCUT2D eigenvalue weighted by atomic mass is 16.6. The van der Waals surface area contributed by atoms with Gasteiger partial charge in [-0.05, 0) is 55.8 Å². The first-order valence-electron chi connectivity index (χ1n) is 9.79. The van der Waals surface area contributed by atoms with Crippen LogP contribution in [0.4, 0.5) is 11.4 Å². The second kappa shape index (κ2) is 8.38. The van der Waals surface area contributed by atoms with Gasteiger partial charge in [-0.2, -0.15) is 0 Å². The lowest BCUT2D eigenvalue weighted by atomic mass is 10.1. The Labute approximate surface area is 182 Å². The van der Waals surface area contributed by atoms with E-state index in [4.69, 9.17) is 9.15 Å². The molecular weight excluding hydrogens is 414 g/mol. The van der Waals surface area contributed by atoms with Crippen LogP contribution in [0, 0.1) is 17.0 Å². The smallest absolute Gasteiger partial charge is 0.311 e. The number of para-hydroxylation sites is 2. The van der Waals surface area contributed by atoms with Crippen molar-refractivity contribution in [3.63, 3.8) is 0 Å². The quantitative estimate of drug-likeness (QED) is 0.247. The minimum Gasteiger partial charge on any atom is -0.507 e. The number of carbonyl (C=O) groups is 1. The summed E-state index contributed by atoms with van der Waals surface area (Å²) in [5.41, 5.74) is 2.18. The Bertz CT molecular complexity index is 1310. The van der Waals surface area contributed by atoms with Crippen molar-refractivity contribution in [2.75, 3.05) is 11.9 Å². The van der Waals surface area contributed by atoms with Crippen molar-refractivity contribution < 1.29 is 24.0 Å². The molecule has 1 amide bonds. The molecule has 0 saturated heterocycles. The van der Waals surface area contributed by atoms with Gasteiger partial charge in [0, 0.05) is 17.3 Å². The van der Waals surface area contributed by atoms with Gasteiger partial charge < -0.3 is 19.6 Å². The first-order chi connectivity index (χ1) is 15.4. The van der Waals surface area contributed by atoms with E-state index in [1.807, 2.05) is 12.1 Å². The fraction of sp³-hybridized carbons (Fsp3) is 0.130. The third-order valence-corrected chi connectivity index (χ3v) is 4.80. The van der Waals surface area contributed by atoms with Crippen LogP contribution >= 0.6 is 0 Å². The molecule has 0 aliphatic rings. The number of benzene rings is 3. The molecule has 3 aromatic carbocycles. The van der Waals surface area contributed by atoms with E-state index in [1.165, 1.54) is 18.2 Å². The van der Waals surface area contributed by atoms with Gasteiger partial charge in [-0.25, -0.2) is 4.98 Å². The number of nitro groups is 1. The van der Waals surface area contributed by atoms with E-state index in [2.05, 4.69) is 10.3 Å². The van der Waals surface area contributed by atoms with Crippen molar-refractivity contribution in [2.24, 2.45) is 0 Å². The zero-order chi connectivity index (χ0) is 22.8. The number of nitrogens with one attached hydrogen (secondary N) is 1. The molecule has 4 aromatic rings. The van der Waals surface area contributed by atoms with Crippen LogP contribution in [0.3, 0.4) is 0 Å². The maximum absolute atomic E-state index is 12.8. The van der Waals surface area contributed by atoms with E-state index < -0.39 is 10.8 Å². The summed E-state index contributed by atoms with van der Waals surface area (Å²) in [5.74, 6) is -0.275. The van der Waals surface area contributed by atoms with Gasteiger partial charge in [0.1, 0.15) is 11.3 Å². The number of fused-ring (bicyclic) bond motifs is 1. The fourth-order valence-electron chi connectivity index (χ4n) is 3.28. The summed E-state index contributed by atoms with van der Waals surface area (Å²) in [5, 5.41) is 24.6.